The first-order valence-corrected chi connectivity index (χ1v) is 7.75. The maximum absolute atomic E-state index is 12.1. The van der Waals surface area contributed by atoms with Crippen LogP contribution in [0.4, 0.5) is 4.79 Å². The Balaban J connectivity index is 1.93. The van der Waals surface area contributed by atoms with E-state index in [2.05, 4.69) is 0 Å². The molecule has 2 heterocycles. The fourth-order valence-corrected chi connectivity index (χ4v) is 2.58. The molecular formula is C15H28BNO4. The van der Waals surface area contributed by atoms with Gasteiger partial charge in [0.05, 0.1) is 11.2 Å². The third-order valence-corrected chi connectivity index (χ3v) is 4.53. The molecule has 21 heavy (non-hydrogen) atoms. The van der Waals surface area contributed by atoms with Crippen molar-refractivity contribution in [2.24, 2.45) is 0 Å². The van der Waals surface area contributed by atoms with Crippen LogP contribution < -0.4 is 0 Å². The van der Waals surface area contributed by atoms with Crippen molar-refractivity contribution in [1.29, 1.82) is 0 Å². The molecule has 120 valence electrons. The number of hydrogen-bond acceptors (Lipinski definition) is 4. The molecule has 1 amide bonds. The molecule has 2 aliphatic heterocycles. The van der Waals surface area contributed by atoms with Gasteiger partial charge in [0.1, 0.15) is 5.60 Å². The number of carbonyl (C=O) groups excluding carboxylic acids is 1. The van der Waals surface area contributed by atoms with Gasteiger partial charge in [-0.3, -0.25) is 0 Å². The summed E-state index contributed by atoms with van der Waals surface area (Å²) in [6.45, 7) is 15.2. The molecule has 0 spiro atoms. The second-order valence-corrected chi connectivity index (χ2v) is 8.10. The van der Waals surface area contributed by atoms with Crippen LogP contribution in [0.5, 0.6) is 0 Å². The van der Waals surface area contributed by atoms with Crippen molar-refractivity contribution in [1.82, 2.24) is 4.90 Å². The Morgan fingerprint density at radius 1 is 1.19 bits per heavy atom. The van der Waals surface area contributed by atoms with Crippen LogP contribution in [0, 0.1) is 0 Å². The Morgan fingerprint density at radius 2 is 1.71 bits per heavy atom. The van der Waals surface area contributed by atoms with E-state index in [0.717, 1.165) is 6.42 Å². The molecule has 1 atom stereocenters. The molecule has 2 aliphatic rings. The topological polar surface area (TPSA) is 48.0 Å². The monoisotopic (exact) mass is 297 g/mol. The summed E-state index contributed by atoms with van der Waals surface area (Å²) in [4.78, 5) is 13.8. The summed E-state index contributed by atoms with van der Waals surface area (Å²) in [6.07, 6.45) is 0.636. The zero-order chi connectivity index (χ0) is 16.1. The average Bonchev–Trinajstić information content (AvgIpc) is 2.80. The Hall–Kier alpha value is -0.745. The lowest BCUT2D eigenvalue weighted by Crippen LogP contribution is -2.41. The first-order valence-electron chi connectivity index (χ1n) is 7.75. The van der Waals surface area contributed by atoms with Gasteiger partial charge in [0.15, 0.2) is 0 Å². The second-order valence-electron chi connectivity index (χ2n) is 8.10. The summed E-state index contributed by atoms with van der Waals surface area (Å²) < 4.78 is 17.6. The van der Waals surface area contributed by atoms with E-state index >= 15 is 0 Å². The molecule has 0 aliphatic carbocycles. The molecular weight excluding hydrogens is 269 g/mol. The summed E-state index contributed by atoms with van der Waals surface area (Å²) in [5, 5.41) is 0. The maximum Gasteiger partial charge on any atom is 0.463 e. The molecule has 2 saturated heterocycles. The summed E-state index contributed by atoms with van der Waals surface area (Å²) in [5.74, 6) is 0.207. The molecule has 2 fully saturated rings. The SMILES string of the molecule is CC(C)(C)OC(=O)N1CCC(B2OC(C)(C)C(C)(C)O2)C1. The van der Waals surface area contributed by atoms with Crippen molar-refractivity contribution in [2.75, 3.05) is 13.1 Å². The molecule has 5 nitrogen and oxygen atoms in total. The van der Waals surface area contributed by atoms with Crippen LogP contribution >= 0.6 is 0 Å². The van der Waals surface area contributed by atoms with Crippen LogP contribution in [-0.4, -0.2) is 48.0 Å². The number of rotatable bonds is 1. The van der Waals surface area contributed by atoms with E-state index in [9.17, 15) is 4.79 Å². The van der Waals surface area contributed by atoms with Crippen LogP contribution in [0.2, 0.25) is 5.82 Å². The van der Waals surface area contributed by atoms with Gasteiger partial charge in [-0.05, 0) is 54.9 Å². The minimum Gasteiger partial charge on any atom is -0.444 e. The highest BCUT2D eigenvalue weighted by molar-refractivity contribution is 6.47. The molecule has 6 heteroatoms. The van der Waals surface area contributed by atoms with Gasteiger partial charge in [-0.15, -0.1) is 0 Å². The Morgan fingerprint density at radius 3 is 2.19 bits per heavy atom. The Labute approximate surface area is 128 Å². The first kappa shape index (κ1) is 16.6. The van der Waals surface area contributed by atoms with Crippen molar-refractivity contribution in [3.8, 4) is 0 Å². The van der Waals surface area contributed by atoms with Crippen LogP contribution in [0.3, 0.4) is 0 Å². The molecule has 0 N–H and O–H groups in total. The zero-order valence-electron chi connectivity index (χ0n) is 14.4. The van der Waals surface area contributed by atoms with Crippen LogP contribution in [0.25, 0.3) is 0 Å². The fourth-order valence-electron chi connectivity index (χ4n) is 2.58. The predicted octanol–water partition coefficient (Wildman–Crippen LogP) is 3.09. The molecule has 0 radical (unpaired) electrons. The lowest BCUT2D eigenvalue weighted by molar-refractivity contribution is 0.00578. The zero-order valence-corrected chi connectivity index (χ0v) is 14.4. The van der Waals surface area contributed by atoms with Gasteiger partial charge < -0.3 is 18.9 Å². The molecule has 2 rings (SSSR count). The third kappa shape index (κ3) is 3.54. The van der Waals surface area contributed by atoms with E-state index in [1.165, 1.54) is 0 Å². The van der Waals surface area contributed by atoms with E-state index < -0.39 is 5.60 Å². The molecule has 0 aromatic rings. The van der Waals surface area contributed by atoms with Gasteiger partial charge in [-0.25, -0.2) is 4.79 Å². The predicted molar refractivity (Wildman–Crippen MR) is 82.3 cm³/mol. The molecule has 0 saturated carbocycles. The van der Waals surface area contributed by atoms with E-state index in [4.69, 9.17) is 14.0 Å². The van der Waals surface area contributed by atoms with Gasteiger partial charge in [-0.1, -0.05) is 0 Å². The second kappa shape index (κ2) is 5.16. The van der Waals surface area contributed by atoms with E-state index in [1.54, 1.807) is 4.90 Å². The van der Waals surface area contributed by atoms with Crippen molar-refractivity contribution in [2.45, 2.75) is 77.5 Å². The average molecular weight is 297 g/mol. The van der Waals surface area contributed by atoms with Gasteiger partial charge >= 0.3 is 13.2 Å². The highest BCUT2D eigenvalue weighted by Crippen LogP contribution is 2.42. The van der Waals surface area contributed by atoms with E-state index in [0.29, 0.717) is 13.1 Å². The standard InChI is InChI=1S/C15H28BNO4/c1-13(2,3)19-12(18)17-9-8-11(10-17)16-20-14(4,5)15(6,7)21-16/h11H,8-10H2,1-7H3. The summed E-state index contributed by atoms with van der Waals surface area (Å²) in [6, 6.07) is 0. The highest BCUT2D eigenvalue weighted by atomic mass is 16.7. The fraction of sp³-hybridized carbons (Fsp3) is 0.933. The minimum atomic E-state index is -0.459. The first-order chi connectivity index (χ1) is 9.41. The summed E-state index contributed by atoms with van der Waals surface area (Å²) in [7, 11) is -0.248. The Kier molecular flexibility index (Phi) is 4.09. The third-order valence-electron chi connectivity index (χ3n) is 4.53. The van der Waals surface area contributed by atoms with Crippen molar-refractivity contribution < 1.29 is 18.8 Å². The number of ether oxygens (including phenoxy) is 1. The highest BCUT2D eigenvalue weighted by Gasteiger charge is 2.54. The smallest absolute Gasteiger partial charge is 0.444 e. The lowest BCUT2D eigenvalue weighted by atomic mass is 9.71. The molecule has 0 aromatic heterocycles. The molecule has 1 unspecified atom stereocenters. The number of carbonyl (C=O) groups is 1. The van der Waals surface area contributed by atoms with Crippen molar-refractivity contribution >= 4 is 13.2 Å². The van der Waals surface area contributed by atoms with Crippen LogP contribution in [-0.2, 0) is 14.0 Å². The van der Waals surface area contributed by atoms with Crippen molar-refractivity contribution in [3.63, 3.8) is 0 Å². The van der Waals surface area contributed by atoms with Crippen molar-refractivity contribution in [3.05, 3.63) is 0 Å². The Bertz CT molecular complexity index is 400. The maximum atomic E-state index is 12.1. The number of hydrogen-bond donors (Lipinski definition) is 0. The molecule has 0 bridgehead atoms. The van der Waals surface area contributed by atoms with Crippen LogP contribution in [0.15, 0.2) is 0 Å². The largest absolute Gasteiger partial charge is 0.463 e. The summed E-state index contributed by atoms with van der Waals surface area (Å²) >= 11 is 0. The van der Waals surface area contributed by atoms with Gasteiger partial charge in [0.25, 0.3) is 0 Å². The summed E-state index contributed by atoms with van der Waals surface area (Å²) in [5.41, 5.74) is -1.10. The van der Waals surface area contributed by atoms with Gasteiger partial charge in [0.2, 0.25) is 0 Å². The number of amides is 1. The number of likely N-dealkylation sites (tertiary alicyclic amines) is 1. The lowest BCUT2D eigenvalue weighted by Gasteiger charge is -2.32. The normalized spacial score (nSPS) is 28.0. The quantitative estimate of drug-likeness (QED) is 0.698. The van der Waals surface area contributed by atoms with E-state index in [1.807, 2.05) is 48.5 Å². The molecule has 0 aromatic carbocycles. The van der Waals surface area contributed by atoms with Gasteiger partial charge in [0, 0.05) is 18.9 Å². The number of nitrogens with zero attached hydrogens (tertiary/aromatic N) is 1. The van der Waals surface area contributed by atoms with E-state index in [-0.39, 0.29) is 30.2 Å². The minimum absolute atomic E-state index is 0.207. The van der Waals surface area contributed by atoms with Crippen LogP contribution in [0.1, 0.15) is 54.9 Å². The van der Waals surface area contributed by atoms with Gasteiger partial charge in [-0.2, -0.15) is 0 Å².